The van der Waals surface area contributed by atoms with Crippen LogP contribution in [0.3, 0.4) is 0 Å². The highest BCUT2D eigenvalue weighted by molar-refractivity contribution is 6.33. The summed E-state index contributed by atoms with van der Waals surface area (Å²) in [7, 11) is 4.42. The Bertz CT molecular complexity index is 956. The summed E-state index contributed by atoms with van der Waals surface area (Å²) in [5, 5.41) is 1.88. The smallest absolute Gasteiger partial charge is 0.340 e. The summed E-state index contributed by atoms with van der Waals surface area (Å²) in [5.74, 6) is 0.565. The van der Waals surface area contributed by atoms with Gasteiger partial charge >= 0.3 is 5.97 Å². The molecule has 0 radical (unpaired) electrons. The highest BCUT2D eigenvalue weighted by Crippen LogP contribution is 2.38. The molecule has 6 heteroatoms. The van der Waals surface area contributed by atoms with E-state index in [4.69, 9.17) is 25.8 Å². The van der Waals surface area contributed by atoms with E-state index in [-0.39, 0.29) is 0 Å². The van der Waals surface area contributed by atoms with Crippen molar-refractivity contribution in [2.75, 3.05) is 21.3 Å². The van der Waals surface area contributed by atoms with E-state index in [1.165, 1.54) is 14.2 Å². The van der Waals surface area contributed by atoms with Gasteiger partial charge in [0.25, 0.3) is 0 Å². The molecule has 2 aromatic carbocycles. The van der Waals surface area contributed by atoms with E-state index < -0.39 is 5.97 Å². The molecule has 0 saturated heterocycles. The number of carbonyl (C=O) groups is 1. The number of rotatable bonds is 4. The first kappa shape index (κ1) is 17.0. The number of hydrogen-bond donors (Lipinski definition) is 0. The zero-order valence-corrected chi connectivity index (χ0v) is 14.8. The van der Waals surface area contributed by atoms with E-state index in [9.17, 15) is 4.79 Å². The minimum atomic E-state index is -0.500. The molecule has 5 nitrogen and oxygen atoms in total. The summed E-state index contributed by atoms with van der Waals surface area (Å²) in [5.41, 5.74) is 1.44. The van der Waals surface area contributed by atoms with Gasteiger partial charge in [0.15, 0.2) is 11.5 Å². The molecule has 0 bridgehead atoms. The Labute approximate surface area is 150 Å². The standard InChI is InChI=1S/C19H16ClNO4/c1-23-15-8-11-10-21-18(12-6-4-5-7-14(12)20)17(19(22)25-3)13(11)9-16(15)24-2/h4-10H,1-3H3. The number of nitrogens with zero attached hydrogens (tertiary/aromatic N) is 1. The van der Waals surface area contributed by atoms with Crippen molar-refractivity contribution in [1.29, 1.82) is 0 Å². The molecule has 1 aromatic heterocycles. The van der Waals surface area contributed by atoms with Crippen LogP contribution >= 0.6 is 11.6 Å². The Kier molecular flexibility index (Phi) is 4.76. The Morgan fingerprint density at radius 2 is 1.72 bits per heavy atom. The summed E-state index contributed by atoms with van der Waals surface area (Å²) >= 11 is 6.30. The van der Waals surface area contributed by atoms with Gasteiger partial charge in [0.2, 0.25) is 0 Å². The van der Waals surface area contributed by atoms with Gasteiger partial charge in [-0.15, -0.1) is 0 Å². The summed E-state index contributed by atoms with van der Waals surface area (Å²) < 4.78 is 15.7. The summed E-state index contributed by atoms with van der Waals surface area (Å²) in [6.07, 6.45) is 1.67. The molecular weight excluding hydrogens is 342 g/mol. The maximum atomic E-state index is 12.5. The van der Waals surface area contributed by atoms with E-state index in [0.717, 1.165) is 5.39 Å². The van der Waals surface area contributed by atoms with Crippen molar-refractivity contribution in [2.45, 2.75) is 0 Å². The van der Waals surface area contributed by atoms with Crippen molar-refractivity contribution < 1.29 is 19.0 Å². The minimum absolute atomic E-state index is 0.328. The van der Waals surface area contributed by atoms with Gasteiger partial charge in [0.05, 0.1) is 32.6 Å². The molecule has 0 atom stereocenters. The van der Waals surface area contributed by atoms with Crippen LogP contribution in [0.25, 0.3) is 22.0 Å². The first-order valence-corrected chi connectivity index (χ1v) is 7.86. The van der Waals surface area contributed by atoms with Crippen LogP contribution in [0.2, 0.25) is 5.02 Å². The fourth-order valence-electron chi connectivity index (χ4n) is 2.71. The fourth-order valence-corrected chi connectivity index (χ4v) is 2.94. The molecule has 0 amide bonds. The highest BCUT2D eigenvalue weighted by Gasteiger charge is 2.22. The molecule has 25 heavy (non-hydrogen) atoms. The number of halogens is 1. The summed E-state index contributed by atoms with van der Waals surface area (Å²) in [6, 6.07) is 10.7. The molecule has 0 spiro atoms. The third-order valence-corrected chi connectivity index (χ3v) is 4.24. The van der Waals surface area contributed by atoms with Crippen molar-refractivity contribution in [3.8, 4) is 22.8 Å². The van der Waals surface area contributed by atoms with Crippen LogP contribution in [0.5, 0.6) is 11.5 Å². The fraction of sp³-hybridized carbons (Fsp3) is 0.158. The lowest BCUT2D eigenvalue weighted by molar-refractivity contribution is 0.0603. The van der Waals surface area contributed by atoms with E-state index in [0.29, 0.717) is 38.7 Å². The number of benzene rings is 2. The predicted molar refractivity (Wildman–Crippen MR) is 96.6 cm³/mol. The molecule has 128 valence electrons. The van der Waals surface area contributed by atoms with Crippen LogP contribution in [0, 0.1) is 0 Å². The molecule has 0 unspecified atom stereocenters. The maximum Gasteiger partial charge on any atom is 0.340 e. The zero-order valence-electron chi connectivity index (χ0n) is 14.0. The van der Waals surface area contributed by atoms with Crippen molar-refractivity contribution in [3.63, 3.8) is 0 Å². The van der Waals surface area contributed by atoms with Crippen molar-refractivity contribution in [2.24, 2.45) is 0 Å². The third kappa shape index (κ3) is 2.98. The number of aromatic nitrogens is 1. The van der Waals surface area contributed by atoms with Gasteiger partial charge in [-0.2, -0.15) is 0 Å². The minimum Gasteiger partial charge on any atom is -0.493 e. The van der Waals surface area contributed by atoms with Crippen LogP contribution < -0.4 is 9.47 Å². The second kappa shape index (κ2) is 6.99. The first-order chi connectivity index (χ1) is 12.1. The van der Waals surface area contributed by atoms with Crippen LogP contribution in [0.15, 0.2) is 42.6 Å². The largest absolute Gasteiger partial charge is 0.493 e. The lowest BCUT2D eigenvalue weighted by atomic mass is 9.99. The lowest BCUT2D eigenvalue weighted by Crippen LogP contribution is -2.07. The van der Waals surface area contributed by atoms with Crippen molar-refractivity contribution in [1.82, 2.24) is 4.98 Å². The highest BCUT2D eigenvalue weighted by atomic mass is 35.5. The van der Waals surface area contributed by atoms with E-state index in [2.05, 4.69) is 4.98 Å². The zero-order chi connectivity index (χ0) is 18.0. The Morgan fingerprint density at radius 1 is 1.04 bits per heavy atom. The van der Waals surface area contributed by atoms with Gasteiger partial charge in [-0.1, -0.05) is 29.8 Å². The van der Waals surface area contributed by atoms with E-state index in [1.807, 2.05) is 18.2 Å². The average Bonchev–Trinajstić information content (AvgIpc) is 2.65. The molecule has 3 aromatic rings. The van der Waals surface area contributed by atoms with Gasteiger partial charge in [-0.05, 0) is 18.2 Å². The first-order valence-electron chi connectivity index (χ1n) is 7.48. The predicted octanol–water partition coefficient (Wildman–Crippen LogP) is 4.36. The van der Waals surface area contributed by atoms with Gasteiger partial charge < -0.3 is 14.2 Å². The molecule has 0 aliphatic heterocycles. The maximum absolute atomic E-state index is 12.5. The SMILES string of the molecule is COC(=O)c1c(-c2ccccc2Cl)ncc2cc(OC)c(OC)cc12. The van der Waals surface area contributed by atoms with Gasteiger partial charge in [0.1, 0.15) is 0 Å². The van der Waals surface area contributed by atoms with E-state index in [1.54, 1.807) is 31.5 Å². The number of esters is 1. The lowest BCUT2D eigenvalue weighted by Gasteiger charge is -2.14. The monoisotopic (exact) mass is 357 g/mol. The quantitative estimate of drug-likeness (QED) is 0.649. The molecule has 0 aliphatic carbocycles. The summed E-state index contributed by atoms with van der Waals surface area (Å²) in [4.78, 5) is 17.0. The topological polar surface area (TPSA) is 57.7 Å². The number of ether oxygens (including phenoxy) is 3. The third-order valence-electron chi connectivity index (χ3n) is 3.91. The van der Waals surface area contributed by atoms with Crippen LogP contribution in [0.4, 0.5) is 0 Å². The number of methoxy groups -OCH3 is 3. The Morgan fingerprint density at radius 3 is 2.36 bits per heavy atom. The van der Waals surface area contributed by atoms with Crippen LogP contribution in [0.1, 0.15) is 10.4 Å². The second-order valence-corrected chi connectivity index (χ2v) is 5.65. The number of carbonyl (C=O) groups excluding carboxylic acids is 1. The molecular formula is C19H16ClNO4. The molecule has 0 saturated carbocycles. The molecule has 0 fully saturated rings. The van der Waals surface area contributed by atoms with Crippen LogP contribution in [-0.4, -0.2) is 32.3 Å². The van der Waals surface area contributed by atoms with E-state index >= 15 is 0 Å². The van der Waals surface area contributed by atoms with Crippen LogP contribution in [-0.2, 0) is 4.74 Å². The summed E-state index contributed by atoms with van der Waals surface area (Å²) in [6.45, 7) is 0. The van der Waals surface area contributed by atoms with Gasteiger partial charge in [-0.25, -0.2) is 4.79 Å². The number of hydrogen-bond acceptors (Lipinski definition) is 5. The number of pyridine rings is 1. The molecule has 0 N–H and O–H groups in total. The van der Waals surface area contributed by atoms with Crippen molar-refractivity contribution >= 4 is 28.3 Å². The Balaban J connectivity index is 2.39. The number of fused-ring (bicyclic) bond motifs is 1. The Hall–Kier alpha value is -2.79. The normalized spacial score (nSPS) is 10.6. The molecule has 1 heterocycles. The van der Waals surface area contributed by atoms with Crippen molar-refractivity contribution in [3.05, 3.63) is 53.2 Å². The molecule has 3 rings (SSSR count). The van der Waals surface area contributed by atoms with Gasteiger partial charge in [0, 0.05) is 27.6 Å². The second-order valence-electron chi connectivity index (χ2n) is 5.25. The average molecular weight is 358 g/mol. The molecule has 0 aliphatic rings. The van der Waals surface area contributed by atoms with Gasteiger partial charge in [-0.3, -0.25) is 4.98 Å².